The molecule has 3 unspecified atom stereocenters. The van der Waals surface area contributed by atoms with Crippen molar-refractivity contribution in [2.75, 3.05) is 38.1 Å². The van der Waals surface area contributed by atoms with E-state index in [0.717, 1.165) is 37.2 Å². The molecule has 3 fully saturated rings. The van der Waals surface area contributed by atoms with Crippen molar-refractivity contribution < 1.29 is 14.0 Å². The van der Waals surface area contributed by atoms with Crippen molar-refractivity contribution in [3.8, 4) is 0 Å². The number of hydrogen-bond acceptors (Lipinski definition) is 4. The molecule has 0 aromatic heterocycles. The molecule has 0 spiro atoms. The molecule has 2 aliphatic heterocycles. The lowest BCUT2D eigenvalue weighted by Crippen LogP contribution is -2.55. The van der Waals surface area contributed by atoms with Crippen LogP contribution in [-0.2, 0) is 9.59 Å². The molecule has 2 heterocycles. The van der Waals surface area contributed by atoms with E-state index in [2.05, 4.69) is 4.90 Å². The van der Waals surface area contributed by atoms with Crippen LogP contribution in [0.2, 0.25) is 5.02 Å². The highest BCUT2D eigenvalue weighted by Gasteiger charge is 2.43. The fraction of sp³-hybridized carbons (Fsp3) is 0.407. The van der Waals surface area contributed by atoms with Gasteiger partial charge < -0.3 is 14.7 Å². The molecule has 184 valence electrons. The minimum atomic E-state index is -0.242. The molecule has 0 bridgehead atoms. The number of hydrogen-bond donors (Lipinski definition) is 0. The van der Waals surface area contributed by atoms with Crippen molar-refractivity contribution in [3.05, 3.63) is 69.8 Å². The molecule has 2 aromatic rings. The number of piperazine rings is 1. The Morgan fingerprint density at radius 3 is 2.49 bits per heavy atom. The number of benzene rings is 2. The van der Waals surface area contributed by atoms with Crippen LogP contribution >= 0.6 is 23.4 Å². The van der Waals surface area contributed by atoms with Crippen LogP contribution in [0.15, 0.2) is 53.4 Å². The Kier molecular flexibility index (Phi) is 7.07. The summed E-state index contributed by atoms with van der Waals surface area (Å²) in [7, 11) is 1.86. The molecule has 8 heteroatoms. The van der Waals surface area contributed by atoms with Crippen LogP contribution in [0, 0.1) is 11.7 Å². The van der Waals surface area contributed by atoms with E-state index >= 15 is 0 Å². The summed E-state index contributed by atoms with van der Waals surface area (Å²) in [4.78, 5) is 33.2. The van der Waals surface area contributed by atoms with Gasteiger partial charge in [-0.2, -0.15) is 0 Å². The van der Waals surface area contributed by atoms with Crippen molar-refractivity contribution in [2.45, 2.75) is 30.6 Å². The fourth-order valence-corrected chi connectivity index (χ4v) is 7.01. The van der Waals surface area contributed by atoms with Gasteiger partial charge in [-0.05, 0) is 61.2 Å². The third kappa shape index (κ3) is 5.07. The topological polar surface area (TPSA) is 43.9 Å². The predicted molar refractivity (Wildman–Crippen MR) is 140 cm³/mol. The standard InChI is InChI=1S/C27H29ClFN3O2S/c1-30-23-16-19(26(33)32-14-12-31(13-15-32)21-9-7-20(29)8-10-21)6-11-24(23)35-25(27(30)34)17-18-4-2-3-5-22(18)28/h2-5,7-10,17,19,23-24H,6,11-16H2,1H3/b25-17-. The maximum absolute atomic E-state index is 13.4. The Balaban J connectivity index is 1.20. The van der Waals surface area contributed by atoms with E-state index in [1.807, 2.05) is 47.2 Å². The second-order valence-electron chi connectivity index (χ2n) is 9.47. The zero-order valence-electron chi connectivity index (χ0n) is 19.7. The van der Waals surface area contributed by atoms with Gasteiger partial charge >= 0.3 is 0 Å². The summed E-state index contributed by atoms with van der Waals surface area (Å²) in [6.45, 7) is 2.80. The molecule has 2 saturated heterocycles. The Morgan fingerprint density at radius 1 is 1.06 bits per heavy atom. The van der Waals surface area contributed by atoms with Crippen LogP contribution in [0.5, 0.6) is 0 Å². The number of carbonyl (C=O) groups excluding carboxylic acids is 2. The van der Waals surface area contributed by atoms with Gasteiger partial charge in [0.15, 0.2) is 0 Å². The number of halogens is 2. The minimum absolute atomic E-state index is 0.00261. The van der Waals surface area contributed by atoms with Crippen molar-refractivity contribution >= 4 is 46.9 Å². The Labute approximate surface area is 214 Å². The van der Waals surface area contributed by atoms with E-state index in [-0.39, 0.29) is 34.8 Å². The van der Waals surface area contributed by atoms with Gasteiger partial charge in [-0.1, -0.05) is 29.8 Å². The maximum Gasteiger partial charge on any atom is 0.260 e. The average molecular weight is 514 g/mol. The number of carbonyl (C=O) groups is 2. The lowest BCUT2D eigenvalue weighted by molar-refractivity contribution is -0.139. The Bertz CT molecular complexity index is 1130. The molecule has 2 amide bonds. The van der Waals surface area contributed by atoms with Gasteiger partial charge in [-0.25, -0.2) is 4.39 Å². The minimum Gasteiger partial charge on any atom is -0.368 e. The van der Waals surface area contributed by atoms with E-state index in [4.69, 9.17) is 11.6 Å². The summed E-state index contributed by atoms with van der Waals surface area (Å²) in [6.07, 6.45) is 4.33. The molecular weight excluding hydrogens is 485 g/mol. The van der Waals surface area contributed by atoms with Crippen molar-refractivity contribution in [2.24, 2.45) is 5.92 Å². The van der Waals surface area contributed by atoms with E-state index in [1.54, 1.807) is 23.9 Å². The highest BCUT2D eigenvalue weighted by molar-refractivity contribution is 8.04. The number of rotatable bonds is 3. The Hall–Kier alpha value is -2.51. The highest BCUT2D eigenvalue weighted by Crippen LogP contribution is 2.44. The summed E-state index contributed by atoms with van der Waals surface area (Å²) in [6, 6.07) is 14.1. The van der Waals surface area contributed by atoms with Crippen LogP contribution in [0.4, 0.5) is 10.1 Å². The predicted octanol–water partition coefficient (Wildman–Crippen LogP) is 4.91. The SMILES string of the molecule is CN1C(=O)/C(=C/c2ccccc2Cl)SC2CCC(C(=O)N3CCN(c4ccc(F)cc4)CC3)CC21. The quantitative estimate of drug-likeness (QED) is 0.547. The summed E-state index contributed by atoms with van der Waals surface area (Å²) >= 11 is 7.94. The van der Waals surface area contributed by atoms with Gasteiger partial charge in [0.05, 0.1) is 4.91 Å². The van der Waals surface area contributed by atoms with Gasteiger partial charge in [0.1, 0.15) is 5.82 Å². The number of nitrogens with zero attached hydrogens (tertiary/aromatic N) is 3. The summed E-state index contributed by atoms with van der Waals surface area (Å²) < 4.78 is 13.2. The monoisotopic (exact) mass is 513 g/mol. The zero-order chi connectivity index (χ0) is 24.5. The smallest absolute Gasteiger partial charge is 0.260 e. The van der Waals surface area contributed by atoms with Gasteiger partial charge in [0, 0.05) is 61.1 Å². The first-order chi connectivity index (χ1) is 16.9. The average Bonchev–Trinajstić information content (AvgIpc) is 2.88. The largest absolute Gasteiger partial charge is 0.368 e. The van der Waals surface area contributed by atoms with E-state index in [0.29, 0.717) is 29.4 Å². The van der Waals surface area contributed by atoms with E-state index in [1.165, 1.54) is 12.1 Å². The first kappa shape index (κ1) is 24.2. The summed E-state index contributed by atoms with van der Waals surface area (Å²) in [5.41, 5.74) is 1.83. The van der Waals surface area contributed by atoms with E-state index in [9.17, 15) is 14.0 Å². The van der Waals surface area contributed by atoms with Gasteiger partial charge in [0.2, 0.25) is 5.91 Å². The fourth-order valence-electron chi connectivity index (χ4n) is 5.35. The number of amides is 2. The van der Waals surface area contributed by atoms with Crippen LogP contribution in [0.1, 0.15) is 24.8 Å². The molecule has 5 nitrogen and oxygen atoms in total. The van der Waals surface area contributed by atoms with E-state index < -0.39 is 0 Å². The summed E-state index contributed by atoms with van der Waals surface area (Å²) in [5.74, 6) is -0.102. The van der Waals surface area contributed by atoms with Crippen molar-refractivity contribution in [1.82, 2.24) is 9.80 Å². The van der Waals surface area contributed by atoms with Crippen LogP contribution < -0.4 is 4.90 Å². The molecule has 35 heavy (non-hydrogen) atoms. The van der Waals surface area contributed by atoms with Crippen LogP contribution in [-0.4, -0.2) is 66.1 Å². The normalized spacial score (nSPS) is 26.1. The molecule has 5 rings (SSSR count). The first-order valence-corrected chi connectivity index (χ1v) is 13.4. The lowest BCUT2D eigenvalue weighted by atomic mass is 9.83. The molecular formula is C27H29ClFN3O2S. The van der Waals surface area contributed by atoms with Gasteiger partial charge in [-0.3, -0.25) is 9.59 Å². The third-order valence-corrected chi connectivity index (χ3v) is 9.13. The third-order valence-electron chi connectivity index (χ3n) is 7.39. The lowest BCUT2D eigenvalue weighted by Gasteiger charge is -2.45. The molecule has 1 aliphatic carbocycles. The molecule has 3 atom stereocenters. The number of thioether (sulfide) groups is 1. The maximum atomic E-state index is 13.4. The van der Waals surface area contributed by atoms with Crippen LogP contribution in [0.3, 0.4) is 0 Å². The number of fused-ring (bicyclic) bond motifs is 1. The molecule has 0 radical (unpaired) electrons. The second kappa shape index (κ2) is 10.2. The zero-order valence-corrected chi connectivity index (χ0v) is 21.3. The van der Waals surface area contributed by atoms with Crippen molar-refractivity contribution in [1.29, 1.82) is 0 Å². The second-order valence-corrected chi connectivity index (χ2v) is 11.2. The molecule has 2 aromatic carbocycles. The van der Waals surface area contributed by atoms with Gasteiger partial charge in [0.25, 0.3) is 5.91 Å². The molecule has 1 saturated carbocycles. The number of likely N-dealkylation sites (N-methyl/N-ethyl adjacent to an activating group) is 1. The summed E-state index contributed by atoms with van der Waals surface area (Å²) in [5, 5.41) is 0.915. The van der Waals surface area contributed by atoms with Gasteiger partial charge in [-0.15, -0.1) is 11.8 Å². The number of anilines is 1. The van der Waals surface area contributed by atoms with Crippen molar-refractivity contribution in [3.63, 3.8) is 0 Å². The first-order valence-electron chi connectivity index (χ1n) is 12.1. The Morgan fingerprint density at radius 2 is 1.77 bits per heavy atom. The molecule has 0 N–H and O–H groups in total. The van der Waals surface area contributed by atoms with Crippen LogP contribution in [0.25, 0.3) is 6.08 Å². The highest BCUT2D eigenvalue weighted by atomic mass is 35.5. The molecule has 3 aliphatic rings.